The Morgan fingerprint density at radius 1 is 0.837 bits per heavy atom. The number of non-ortho nitro benzene ring substituents is 1. The van der Waals surface area contributed by atoms with Crippen LogP contribution >= 0.6 is 0 Å². The highest BCUT2D eigenvalue weighted by Gasteiger charge is 2.22. The average Bonchev–Trinajstić information content (AvgIpc) is 3.01. The van der Waals surface area contributed by atoms with Crippen molar-refractivity contribution >= 4 is 23.5 Å². The quantitative estimate of drug-likeness (QED) is 0.112. The van der Waals surface area contributed by atoms with Crippen LogP contribution in [0.25, 0.3) is 0 Å². The van der Waals surface area contributed by atoms with Gasteiger partial charge in [-0.1, -0.05) is 30.3 Å². The van der Waals surface area contributed by atoms with Crippen LogP contribution in [0.5, 0.6) is 28.7 Å². The van der Waals surface area contributed by atoms with E-state index in [-0.39, 0.29) is 23.9 Å². The minimum absolute atomic E-state index is 0.140. The lowest BCUT2D eigenvalue weighted by molar-refractivity contribution is -0.394. The molecule has 0 aliphatic carbocycles. The first kappa shape index (κ1) is 30.0. The van der Waals surface area contributed by atoms with Crippen molar-refractivity contribution in [2.24, 2.45) is 5.10 Å². The Balaban J connectivity index is 1.44. The van der Waals surface area contributed by atoms with Gasteiger partial charge in [0.1, 0.15) is 6.61 Å². The number of amides is 1. The van der Waals surface area contributed by atoms with Crippen molar-refractivity contribution in [1.29, 1.82) is 0 Å². The number of nitro groups is 2. The standard InChI is InChI=1S/C30H26N4O9/c1-3-41-29-15-21(9-12-27(29)43-25-14-11-23(33(36)37)17-24(25)34(38)39)18-31-32-30(35)22-10-13-26(28(16-22)40-2)42-19-20-7-5-4-6-8-20/h4-18H,3,19H2,1-2H3,(H,32,35)/b31-18+. The van der Waals surface area contributed by atoms with Crippen molar-refractivity contribution in [3.8, 4) is 28.7 Å². The molecule has 0 atom stereocenters. The third kappa shape index (κ3) is 7.82. The molecule has 0 aliphatic heterocycles. The van der Waals surface area contributed by atoms with Crippen molar-refractivity contribution in [2.75, 3.05) is 13.7 Å². The molecule has 1 N–H and O–H groups in total. The number of carbonyl (C=O) groups is 1. The van der Waals surface area contributed by atoms with Gasteiger partial charge in [0.25, 0.3) is 11.6 Å². The highest BCUT2D eigenvalue weighted by atomic mass is 16.6. The van der Waals surface area contributed by atoms with Crippen LogP contribution in [0, 0.1) is 20.2 Å². The van der Waals surface area contributed by atoms with Gasteiger partial charge in [-0.3, -0.25) is 25.0 Å². The monoisotopic (exact) mass is 586 g/mol. The number of hydrogen-bond acceptors (Lipinski definition) is 10. The molecule has 0 saturated carbocycles. The fourth-order valence-electron chi connectivity index (χ4n) is 3.82. The van der Waals surface area contributed by atoms with E-state index in [1.54, 1.807) is 37.3 Å². The average molecular weight is 587 g/mol. The van der Waals surface area contributed by atoms with Crippen LogP contribution in [-0.2, 0) is 6.61 Å². The molecule has 13 heteroatoms. The van der Waals surface area contributed by atoms with E-state index in [4.69, 9.17) is 18.9 Å². The van der Waals surface area contributed by atoms with Gasteiger partial charge in [0.05, 0.1) is 35.8 Å². The van der Waals surface area contributed by atoms with Crippen LogP contribution in [-0.4, -0.2) is 35.7 Å². The van der Waals surface area contributed by atoms with Crippen LogP contribution in [0.1, 0.15) is 28.4 Å². The molecule has 0 aromatic heterocycles. The summed E-state index contributed by atoms with van der Waals surface area (Å²) in [6, 6.07) is 22.1. The van der Waals surface area contributed by atoms with E-state index in [0.717, 1.165) is 23.8 Å². The molecule has 4 rings (SSSR count). The topological polar surface area (TPSA) is 165 Å². The predicted molar refractivity (Wildman–Crippen MR) is 156 cm³/mol. The predicted octanol–water partition coefficient (Wildman–Crippen LogP) is 6.05. The van der Waals surface area contributed by atoms with Gasteiger partial charge >= 0.3 is 5.69 Å². The molecule has 220 valence electrons. The summed E-state index contributed by atoms with van der Waals surface area (Å²) in [7, 11) is 1.48. The van der Waals surface area contributed by atoms with E-state index in [1.807, 2.05) is 30.3 Å². The maximum Gasteiger partial charge on any atom is 0.318 e. The number of ether oxygens (including phenoxy) is 4. The summed E-state index contributed by atoms with van der Waals surface area (Å²) >= 11 is 0. The molecule has 0 fully saturated rings. The van der Waals surface area contributed by atoms with Crippen molar-refractivity contribution in [1.82, 2.24) is 5.43 Å². The Labute approximate surface area is 245 Å². The summed E-state index contributed by atoms with van der Waals surface area (Å²) < 4.78 is 22.5. The zero-order chi connectivity index (χ0) is 30.8. The van der Waals surface area contributed by atoms with Gasteiger partial charge in [-0.25, -0.2) is 5.43 Å². The van der Waals surface area contributed by atoms with Gasteiger partial charge in [0, 0.05) is 11.6 Å². The fourth-order valence-corrected chi connectivity index (χ4v) is 3.82. The number of hydrazone groups is 1. The van der Waals surface area contributed by atoms with Crippen molar-refractivity contribution in [3.63, 3.8) is 0 Å². The molecule has 0 saturated heterocycles. The van der Waals surface area contributed by atoms with E-state index >= 15 is 0 Å². The third-order valence-electron chi connectivity index (χ3n) is 5.88. The summed E-state index contributed by atoms with van der Waals surface area (Å²) in [6.45, 7) is 2.33. The van der Waals surface area contributed by atoms with Crippen molar-refractivity contribution in [2.45, 2.75) is 13.5 Å². The Kier molecular flexibility index (Phi) is 9.82. The molecule has 0 spiro atoms. The maximum atomic E-state index is 12.7. The first-order valence-electron chi connectivity index (χ1n) is 12.8. The zero-order valence-corrected chi connectivity index (χ0v) is 23.1. The maximum absolute atomic E-state index is 12.7. The number of nitro benzene ring substituents is 2. The molecule has 43 heavy (non-hydrogen) atoms. The second kappa shape index (κ2) is 14.1. The van der Waals surface area contributed by atoms with Gasteiger partial charge in [-0.15, -0.1) is 0 Å². The van der Waals surface area contributed by atoms with Crippen molar-refractivity contribution < 1.29 is 33.6 Å². The second-order valence-corrected chi connectivity index (χ2v) is 8.75. The first-order valence-corrected chi connectivity index (χ1v) is 12.8. The van der Waals surface area contributed by atoms with Crippen LogP contribution in [0.2, 0.25) is 0 Å². The zero-order valence-electron chi connectivity index (χ0n) is 23.1. The third-order valence-corrected chi connectivity index (χ3v) is 5.88. The van der Waals surface area contributed by atoms with Gasteiger partial charge in [0.15, 0.2) is 23.0 Å². The summed E-state index contributed by atoms with van der Waals surface area (Å²) in [5.41, 5.74) is 3.24. The van der Waals surface area contributed by atoms with Gasteiger partial charge in [-0.2, -0.15) is 5.10 Å². The van der Waals surface area contributed by atoms with E-state index in [9.17, 15) is 25.0 Å². The van der Waals surface area contributed by atoms with E-state index < -0.39 is 27.1 Å². The molecule has 4 aromatic rings. The van der Waals surface area contributed by atoms with Gasteiger partial charge in [0.2, 0.25) is 5.75 Å². The largest absolute Gasteiger partial charge is 0.493 e. The highest BCUT2D eigenvalue weighted by molar-refractivity contribution is 5.95. The molecule has 0 unspecified atom stereocenters. The molecule has 0 radical (unpaired) electrons. The van der Waals surface area contributed by atoms with Gasteiger partial charge in [-0.05, 0) is 60.5 Å². The van der Waals surface area contributed by atoms with Crippen molar-refractivity contribution in [3.05, 3.63) is 122 Å². The summed E-state index contributed by atoms with van der Waals surface area (Å²) in [5, 5.41) is 26.5. The molecule has 1 amide bonds. The molecule has 0 aliphatic rings. The minimum Gasteiger partial charge on any atom is -0.493 e. The van der Waals surface area contributed by atoms with Crippen LogP contribution in [0.4, 0.5) is 11.4 Å². The SMILES string of the molecule is CCOc1cc(/C=N/NC(=O)c2ccc(OCc3ccccc3)c(OC)c2)ccc1Oc1ccc([N+](=O)[O-])cc1[N+](=O)[O-]. The number of rotatable bonds is 13. The number of methoxy groups -OCH3 is 1. The molecular weight excluding hydrogens is 560 g/mol. The van der Waals surface area contributed by atoms with Gasteiger partial charge < -0.3 is 18.9 Å². The smallest absolute Gasteiger partial charge is 0.318 e. The van der Waals surface area contributed by atoms with Crippen LogP contribution < -0.4 is 24.4 Å². The highest BCUT2D eigenvalue weighted by Crippen LogP contribution is 2.38. The minimum atomic E-state index is -0.771. The van der Waals surface area contributed by atoms with E-state index in [0.29, 0.717) is 29.2 Å². The Bertz CT molecular complexity index is 1660. The van der Waals surface area contributed by atoms with E-state index in [1.165, 1.54) is 19.4 Å². The number of nitrogens with one attached hydrogen (secondary N) is 1. The number of hydrogen-bond donors (Lipinski definition) is 1. The Morgan fingerprint density at radius 2 is 1.58 bits per heavy atom. The first-order chi connectivity index (χ1) is 20.8. The van der Waals surface area contributed by atoms with Crippen LogP contribution in [0.3, 0.4) is 0 Å². The second-order valence-electron chi connectivity index (χ2n) is 8.75. The van der Waals surface area contributed by atoms with Crippen LogP contribution in [0.15, 0.2) is 90.0 Å². The fraction of sp³-hybridized carbons (Fsp3) is 0.133. The molecule has 13 nitrogen and oxygen atoms in total. The number of nitrogens with zero attached hydrogens (tertiary/aromatic N) is 3. The molecule has 0 bridgehead atoms. The summed E-state index contributed by atoms with van der Waals surface area (Å²) in [5.74, 6) is 0.564. The lowest BCUT2D eigenvalue weighted by Gasteiger charge is -2.12. The summed E-state index contributed by atoms with van der Waals surface area (Å²) in [6.07, 6.45) is 1.38. The Morgan fingerprint density at radius 3 is 2.28 bits per heavy atom. The lowest BCUT2D eigenvalue weighted by Crippen LogP contribution is -2.17. The number of benzene rings is 4. The molecule has 0 heterocycles. The lowest BCUT2D eigenvalue weighted by atomic mass is 10.2. The summed E-state index contributed by atoms with van der Waals surface area (Å²) in [4.78, 5) is 33.7. The Hall–Kier alpha value is -5.98. The number of carbonyl (C=O) groups excluding carboxylic acids is 1. The molecule has 4 aromatic carbocycles. The normalized spacial score (nSPS) is 10.7. The molecular formula is C30H26N4O9. The van der Waals surface area contributed by atoms with E-state index in [2.05, 4.69) is 10.5 Å².